The maximum atomic E-state index is 12.2. The zero-order chi connectivity index (χ0) is 7.56. The summed E-state index contributed by atoms with van der Waals surface area (Å²) in [5.41, 5.74) is -0.140. The summed E-state index contributed by atoms with van der Waals surface area (Å²) in [5, 5.41) is 17.2. The van der Waals surface area contributed by atoms with Crippen LogP contribution < -0.4 is 0 Å². The van der Waals surface area contributed by atoms with E-state index in [0.717, 1.165) is 0 Å². The summed E-state index contributed by atoms with van der Waals surface area (Å²) in [4.78, 5) is 3.19. The third-order valence-corrected chi connectivity index (χ3v) is 1.96. The highest BCUT2D eigenvalue weighted by Crippen LogP contribution is 2.27. The second-order valence-electron chi connectivity index (χ2n) is 1.65. The summed E-state index contributed by atoms with van der Waals surface area (Å²) in [6.07, 6.45) is 0. The van der Waals surface area contributed by atoms with Gasteiger partial charge in [-0.25, -0.2) is 4.99 Å². The lowest BCUT2D eigenvalue weighted by atomic mass is 10.4. The third-order valence-electron chi connectivity index (χ3n) is 0.961. The Hall–Kier alpha value is -0.780. The zero-order valence-electron chi connectivity index (χ0n) is 4.87. The largest absolute Gasteiger partial charge is 0.381 e. The van der Waals surface area contributed by atoms with Crippen molar-refractivity contribution in [1.82, 2.24) is 0 Å². The summed E-state index contributed by atoms with van der Waals surface area (Å²) in [5.74, 6) is -0.407. The molecule has 0 radical (unpaired) electrons. The predicted molar refractivity (Wildman–Crippen MR) is 36.6 cm³/mol. The van der Waals surface area contributed by atoms with Gasteiger partial charge < -0.3 is 5.11 Å². The van der Waals surface area contributed by atoms with Crippen molar-refractivity contribution in [3.8, 4) is 6.07 Å². The summed E-state index contributed by atoms with van der Waals surface area (Å²) in [6.45, 7) is 0. The molecule has 0 amide bonds. The van der Waals surface area contributed by atoms with Gasteiger partial charge in [-0.2, -0.15) is 9.65 Å². The van der Waals surface area contributed by atoms with Gasteiger partial charge in [-0.3, -0.25) is 0 Å². The quantitative estimate of drug-likeness (QED) is 0.417. The number of halogens is 1. The van der Waals surface area contributed by atoms with Crippen LogP contribution in [0.5, 0.6) is 0 Å². The Balaban J connectivity index is 2.86. The first-order valence-electron chi connectivity index (χ1n) is 2.52. The molecule has 0 saturated carbocycles. The van der Waals surface area contributed by atoms with Crippen LogP contribution in [0.4, 0.5) is 4.39 Å². The lowest BCUT2D eigenvalue weighted by molar-refractivity contribution is 0.323. The van der Waals surface area contributed by atoms with Gasteiger partial charge >= 0.3 is 0 Å². The van der Waals surface area contributed by atoms with E-state index in [0.29, 0.717) is 0 Å². The highest BCUT2D eigenvalue weighted by atomic mass is 31.1. The molecule has 1 N–H and O–H groups in total. The fourth-order valence-corrected chi connectivity index (χ4v) is 1.17. The monoisotopic (exact) mass is 158 g/mol. The molecule has 0 aromatic heterocycles. The predicted octanol–water partition coefficient (Wildman–Crippen LogP) is 0.730. The van der Waals surface area contributed by atoms with Crippen LogP contribution in [0.25, 0.3) is 0 Å². The molecule has 5 heteroatoms. The van der Waals surface area contributed by atoms with E-state index in [1.54, 1.807) is 6.07 Å². The van der Waals surface area contributed by atoms with E-state index in [4.69, 9.17) is 10.4 Å². The Kier molecular flexibility index (Phi) is 2.10. The van der Waals surface area contributed by atoms with Crippen molar-refractivity contribution >= 4 is 14.3 Å². The van der Waals surface area contributed by atoms with Crippen LogP contribution >= 0.6 is 8.58 Å². The third kappa shape index (κ3) is 1.38. The van der Waals surface area contributed by atoms with Gasteiger partial charge in [0.05, 0.1) is 0 Å². The van der Waals surface area contributed by atoms with Crippen molar-refractivity contribution in [3.63, 3.8) is 0 Å². The molecule has 1 rings (SSSR count). The maximum Gasteiger partial charge on any atom is 0.214 e. The van der Waals surface area contributed by atoms with Gasteiger partial charge in [0, 0.05) is 0 Å². The van der Waals surface area contributed by atoms with Crippen LogP contribution in [0.1, 0.15) is 0 Å². The van der Waals surface area contributed by atoms with Crippen molar-refractivity contribution < 1.29 is 9.50 Å². The smallest absolute Gasteiger partial charge is 0.214 e. The lowest BCUT2D eigenvalue weighted by Crippen LogP contribution is -2.14. The van der Waals surface area contributed by atoms with Gasteiger partial charge in [-0.15, -0.1) is 0 Å². The van der Waals surface area contributed by atoms with Crippen LogP contribution in [-0.2, 0) is 0 Å². The number of aliphatic hydroxyl groups is 1. The molecule has 0 aliphatic carbocycles. The molecule has 2 unspecified atom stereocenters. The van der Waals surface area contributed by atoms with Crippen LogP contribution in [0, 0.1) is 11.3 Å². The highest BCUT2D eigenvalue weighted by Gasteiger charge is 2.15. The van der Waals surface area contributed by atoms with Gasteiger partial charge in [-0.05, 0) is 5.82 Å². The molecule has 0 bridgehead atoms. The molecule has 10 heavy (non-hydrogen) atoms. The molecule has 0 saturated heterocycles. The Bertz CT molecular complexity index is 243. The van der Waals surface area contributed by atoms with Gasteiger partial charge in [0.15, 0.2) is 5.71 Å². The number of aliphatic imine (C=N–C) groups is 1. The standard InChI is InChI=1S/C5H4FN2OP/c6-4-2-10-5(9)3(1-7)8-4/h2,5,9-10H. The number of nitrogens with zero attached hydrogens (tertiary/aromatic N) is 2. The van der Waals surface area contributed by atoms with E-state index in [1.165, 1.54) is 5.82 Å². The summed E-state index contributed by atoms with van der Waals surface area (Å²) in [7, 11) is -0.0919. The molecule has 0 aromatic rings. The highest BCUT2D eigenvalue weighted by molar-refractivity contribution is 7.43. The van der Waals surface area contributed by atoms with Gasteiger partial charge in [0.2, 0.25) is 5.95 Å². The SMILES string of the molecule is N#CC1=NC(F)=CPC1O. The molecular weight excluding hydrogens is 154 g/mol. The first-order chi connectivity index (χ1) is 4.74. The summed E-state index contributed by atoms with van der Waals surface area (Å²) >= 11 is 0. The van der Waals surface area contributed by atoms with Crippen molar-refractivity contribution in [1.29, 1.82) is 5.26 Å². The first-order valence-corrected chi connectivity index (χ1v) is 3.68. The Morgan fingerprint density at radius 2 is 2.60 bits per heavy atom. The fraction of sp³-hybridized carbons (Fsp3) is 0.200. The van der Waals surface area contributed by atoms with E-state index >= 15 is 0 Å². The number of aliphatic hydroxyl groups excluding tert-OH is 1. The Morgan fingerprint density at radius 1 is 1.90 bits per heavy atom. The average Bonchev–Trinajstić information content (AvgIpc) is 1.94. The number of hydrogen-bond acceptors (Lipinski definition) is 3. The minimum atomic E-state index is -0.899. The fourth-order valence-electron chi connectivity index (χ4n) is 0.521. The van der Waals surface area contributed by atoms with E-state index in [1.807, 2.05) is 0 Å². The number of hydrogen-bond donors (Lipinski definition) is 1. The van der Waals surface area contributed by atoms with Crippen LogP contribution in [0.15, 0.2) is 16.8 Å². The topological polar surface area (TPSA) is 56.4 Å². The molecule has 1 heterocycles. The molecule has 0 aromatic carbocycles. The number of rotatable bonds is 0. The van der Waals surface area contributed by atoms with Crippen molar-refractivity contribution in [2.24, 2.45) is 4.99 Å². The Labute approximate surface area is 58.7 Å². The molecule has 0 spiro atoms. The second kappa shape index (κ2) is 2.87. The lowest BCUT2D eigenvalue weighted by Gasteiger charge is -2.08. The van der Waals surface area contributed by atoms with Crippen LogP contribution in [-0.4, -0.2) is 16.7 Å². The minimum absolute atomic E-state index is 0.0919. The van der Waals surface area contributed by atoms with E-state index in [-0.39, 0.29) is 14.3 Å². The van der Waals surface area contributed by atoms with Crippen LogP contribution in [0.3, 0.4) is 0 Å². The zero-order valence-corrected chi connectivity index (χ0v) is 5.87. The molecule has 1 aliphatic heterocycles. The van der Waals surface area contributed by atoms with Crippen molar-refractivity contribution in [2.75, 3.05) is 0 Å². The van der Waals surface area contributed by atoms with Crippen molar-refractivity contribution in [3.05, 3.63) is 11.8 Å². The summed E-state index contributed by atoms with van der Waals surface area (Å²) < 4.78 is 12.2. The van der Waals surface area contributed by atoms with Gasteiger partial charge in [0.25, 0.3) is 0 Å². The van der Waals surface area contributed by atoms with Gasteiger partial charge in [-0.1, -0.05) is 8.58 Å². The molecule has 2 atom stereocenters. The molecule has 52 valence electrons. The molecule has 1 aliphatic rings. The first kappa shape index (κ1) is 7.33. The summed E-state index contributed by atoms with van der Waals surface area (Å²) in [6, 6.07) is 1.61. The number of nitriles is 1. The van der Waals surface area contributed by atoms with Crippen LogP contribution in [0.2, 0.25) is 0 Å². The van der Waals surface area contributed by atoms with E-state index < -0.39 is 11.8 Å². The molecular formula is C5H4FN2OP. The molecule has 3 nitrogen and oxygen atoms in total. The van der Waals surface area contributed by atoms with E-state index in [2.05, 4.69) is 4.99 Å². The maximum absolute atomic E-state index is 12.2. The average molecular weight is 158 g/mol. The molecule has 0 fully saturated rings. The van der Waals surface area contributed by atoms with Crippen molar-refractivity contribution in [2.45, 2.75) is 5.85 Å². The minimum Gasteiger partial charge on any atom is -0.381 e. The van der Waals surface area contributed by atoms with Gasteiger partial charge in [0.1, 0.15) is 11.9 Å². The second-order valence-corrected chi connectivity index (χ2v) is 2.81. The Morgan fingerprint density at radius 3 is 3.10 bits per heavy atom. The van der Waals surface area contributed by atoms with E-state index in [9.17, 15) is 4.39 Å². The normalized spacial score (nSPS) is 27.1.